The average Bonchev–Trinajstić information content (AvgIpc) is 3.14. The van der Waals surface area contributed by atoms with Gasteiger partial charge in [-0.15, -0.1) is 22.7 Å². The molecule has 0 radical (unpaired) electrons. The van der Waals surface area contributed by atoms with Crippen LogP contribution < -0.4 is 5.32 Å². The molecule has 2 aromatic heterocycles. The lowest BCUT2D eigenvalue weighted by atomic mass is 10.2. The Morgan fingerprint density at radius 3 is 2.77 bits per heavy atom. The molecule has 0 atom stereocenters. The molecule has 3 rings (SSSR count). The Balaban J connectivity index is 1.70. The SMILES string of the molecule is Cc1ncc(CNC(=O)c2ccc(-c3ccccc3F)s2)s1. The van der Waals surface area contributed by atoms with E-state index in [4.69, 9.17) is 0 Å². The maximum Gasteiger partial charge on any atom is 0.261 e. The number of benzene rings is 1. The normalized spacial score (nSPS) is 10.6. The number of nitrogens with one attached hydrogen (secondary N) is 1. The third-order valence-corrected chi connectivity index (χ3v) is 5.09. The molecule has 0 bridgehead atoms. The van der Waals surface area contributed by atoms with E-state index in [1.165, 1.54) is 17.4 Å². The highest BCUT2D eigenvalue weighted by atomic mass is 32.1. The Morgan fingerprint density at radius 2 is 2.05 bits per heavy atom. The molecule has 6 heteroatoms. The molecule has 1 aromatic carbocycles. The fourth-order valence-corrected chi connectivity index (χ4v) is 3.69. The molecule has 3 aromatic rings. The van der Waals surface area contributed by atoms with Gasteiger partial charge in [0.15, 0.2) is 0 Å². The molecule has 0 saturated heterocycles. The van der Waals surface area contributed by atoms with E-state index in [0.29, 0.717) is 17.0 Å². The van der Waals surface area contributed by atoms with Gasteiger partial charge in [0.05, 0.1) is 16.4 Å². The summed E-state index contributed by atoms with van der Waals surface area (Å²) in [7, 11) is 0. The summed E-state index contributed by atoms with van der Waals surface area (Å²) in [4.78, 5) is 18.6. The van der Waals surface area contributed by atoms with Gasteiger partial charge in [0.25, 0.3) is 5.91 Å². The molecule has 2 heterocycles. The summed E-state index contributed by atoms with van der Waals surface area (Å²) < 4.78 is 13.8. The summed E-state index contributed by atoms with van der Waals surface area (Å²) in [6, 6.07) is 10.1. The van der Waals surface area contributed by atoms with Crippen LogP contribution in [0.3, 0.4) is 0 Å². The number of halogens is 1. The summed E-state index contributed by atoms with van der Waals surface area (Å²) in [5, 5.41) is 3.83. The number of hydrogen-bond acceptors (Lipinski definition) is 4. The van der Waals surface area contributed by atoms with Crippen molar-refractivity contribution in [3.8, 4) is 10.4 Å². The Kier molecular flexibility index (Phi) is 4.31. The smallest absolute Gasteiger partial charge is 0.261 e. The molecule has 0 aliphatic rings. The van der Waals surface area contributed by atoms with Crippen molar-refractivity contribution >= 4 is 28.6 Å². The van der Waals surface area contributed by atoms with Gasteiger partial charge in [0.1, 0.15) is 5.82 Å². The van der Waals surface area contributed by atoms with Crippen molar-refractivity contribution in [2.75, 3.05) is 0 Å². The summed E-state index contributed by atoms with van der Waals surface area (Å²) >= 11 is 2.84. The first-order valence-electron chi connectivity index (χ1n) is 6.68. The zero-order valence-electron chi connectivity index (χ0n) is 11.8. The molecule has 0 aliphatic carbocycles. The first-order chi connectivity index (χ1) is 10.6. The molecule has 112 valence electrons. The second kappa shape index (κ2) is 6.37. The summed E-state index contributed by atoms with van der Waals surface area (Å²) in [6.07, 6.45) is 1.76. The van der Waals surface area contributed by atoms with Crippen LogP contribution in [-0.4, -0.2) is 10.9 Å². The summed E-state index contributed by atoms with van der Waals surface area (Å²) in [6.45, 7) is 2.38. The first kappa shape index (κ1) is 14.9. The number of carbonyl (C=O) groups excluding carboxylic acids is 1. The minimum Gasteiger partial charge on any atom is -0.346 e. The van der Waals surface area contributed by atoms with Crippen molar-refractivity contribution in [1.82, 2.24) is 10.3 Å². The first-order valence-corrected chi connectivity index (χ1v) is 8.31. The van der Waals surface area contributed by atoms with E-state index in [1.54, 1.807) is 47.9 Å². The molecule has 0 spiro atoms. The van der Waals surface area contributed by atoms with Crippen LogP contribution in [-0.2, 0) is 6.54 Å². The van der Waals surface area contributed by atoms with Crippen molar-refractivity contribution in [3.05, 3.63) is 63.2 Å². The maximum absolute atomic E-state index is 13.8. The van der Waals surface area contributed by atoms with Crippen LogP contribution in [0.4, 0.5) is 4.39 Å². The molecule has 3 nitrogen and oxygen atoms in total. The van der Waals surface area contributed by atoms with Crippen molar-refractivity contribution in [2.24, 2.45) is 0 Å². The van der Waals surface area contributed by atoms with Gasteiger partial charge in [-0.3, -0.25) is 4.79 Å². The number of hydrogen-bond donors (Lipinski definition) is 1. The molecule has 0 unspecified atom stereocenters. The largest absolute Gasteiger partial charge is 0.346 e. The third kappa shape index (κ3) is 3.23. The van der Waals surface area contributed by atoms with Crippen LogP contribution in [0.1, 0.15) is 19.6 Å². The van der Waals surface area contributed by atoms with Crippen molar-refractivity contribution in [1.29, 1.82) is 0 Å². The van der Waals surface area contributed by atoms with Crippen LogP contribution in [0.15, 0.2) is 42.6 Å². The number of thiophene rings is 1. The van der Waals surface area contributed by atoms with Gasteiger partial charge >= 0.3 is 0 Å². The zero-order chi connectivity index (χ0) is 15.5. The topological polar surface area (TPSA) is 42.0 Å². The second-order valence-corrected chi connectivity index (χ2v) is 7.08. The second-order valence-electron chi connectivity index (χ2n) is 4.67. The fourth-order valence-electron chi connectivity index (χ4n) is 2.01. The van der Waals surface area contributed by atoms with E-state index in [2.05, 4.69) is 10.3 Å². The van der Waals surface area contributed by atoms with Crippen LogP contribution in [0.25, 0.3) is 10.4 Å². The lowest BCUT2D eigenvalue weighted by molar-refractivity contribution is 0.0955. The van der Waals surface area contributed by atoms with Crippen LogP contribution in [0.5, 0.6) is 0 Å². The third-order valence-electron chi connectivity index (χ3n) is 3.06. The van der Waals surface area contributed by atoms with E-state index in [0.717, 1.165) is 14.8 Å². The van der Waals surface area contributed by atoms with Gasteiger partial charge < -0.3 is 5.32 Å². The van der Waals surface area contributed by atoms with E-state index in [1.807, 2.05) is 6.92 Å². The molecular weight excluding hydrogens is 319 g/mol. The van der Waals surface area contributed by atoms with Crippen LogP contribution in [0, 0.1) is 12.7 Å². The van der Waals surface area contributed by atoms with Gasteiger partial charge in [-0.05, 0) is 25.1 Å². The van der Waals surface area contributed by atoms with Gasteiger partial charge in [-0.2, -0.15) is 0 Å². The quantitative estimate of drug-likeness (QED) is 0.776. The van der Waals surface area contributed by atoms with Crippen LogP contribution in [0.2, 0.25) is 0 Å². The number of rotatable bonds is 4. The van der Waals surface area contributed by atoms with Gasteiger partial charge in [0, 0.05) is 21.5 Å². The predicted molar refractivity (Wildman–Crippen MR) is 87.7 cm³/mol. The Hall–Kier alpha value is -2.05. The lowest BCUT2D eigenvalue weighted by Gasteiger charge is -2.01. The number of nitrogens with zero attached hydrogens (tertiary/aromatic N) is 1. The molecule has 0 saturated carbocycles. The molecule has 22 heavy (non-hydrogen) atoms. The predicted octanol–water partition coefficient (Wildman–Crippen LogP) is 4.25. The Labute approximate surface area is 135 Å². The number of aryl methyl sites for hydroxylation is 1. The van der Waals surface area contributed by atoms with Crippen molar-refractivity contribution in [3.63, 3.8) is 0 Å². The fraction of sp³-hybridized carbons (Fsp3) is 0.125. The zero-order valence-corrected chi connectivity index (χ0v) is 13.4. The van der Waals surface area contributed by atoms with E-state index in [9.17, 15) is 9.18 Å². The standard InChI is InChI=1S/C16H13FN2OS2/c1-10-18-8-11(21-10)9-19-16(20)15-7-6-14(22-15)12-4-2-3-5-13(12)17/h2-8H,9H2,1H3,(H,19,20). The highest BCUT2D eigenvalue weighted by Gasteiger charge is 2.12. The molecule has 1 N–H and O–H groups in total. The van der Waals surface area contributed by atoms with Gasteiger partial charge in [0.2, 0.25) is 0 Å². The van der Waals surface area contributed by atoms with Crippen molar-refractivity contribution in [2.45, 2.75) is 13.5 Å². The van der Waals surface area contributed by atoms with E-state index in [-0.39, 0.29) is 11.7 Å². The van der Waals surface area contributed by atoms with E-state index < -0.39 is 0 Å². The lowest BCUT2D eigenvalue weighted by Crippen LogP contribution is -2.21. The Bertz CT molecular complexity index is 810. The van der Waals surface area contributed by atoms with Crippen LogP contribution >= 0.6 is 22.7 Å². The number of amides is 1. The maximum atomic E-state index is 13.8. The number of aromatic nitrogens is 1. The van der Waals surface area contributed by atoms with E-state index >= 15 is 0 Å². The minimum atomic E-state index is -0.281. The molecular formula is C16H13FN2OS2. The summed E-state index contributed by atoms with van der Waals surface area (Å²) in [5.41, 5.74) is 0.518. The Morgan fingerprint density at radius 1 is 1.23 bits per heavy atom. The van der Waals surface area contributed by atoms with Crippen molar-refractivity contribution < 1.29 is 9.18 Å². The molecule has 0 aliphatic heterocycles. The molecule has 1 amide bonds. The number of carbonyl (C=O) groups is 1. The highest BCUT2D eigenvalue weighted by Crippen LogP contribution is 2.30. The van der Waals surface area contributed by atoms with Gasteiger partial charge in [-0.1, -0.05) is 18.2 Å². The average molecular weight is 332 g/mol. The molecule has 0 fully saturated rings. The minimum absolute atomic E-state index is 0.154. The van der Waals surface area contributed by atoms with Gasteiger partial charge in [-0.25, -0.2) is 9.37 Å². The number of thiazole rings is 1. The monoisotopic (exact) mass is 332 g/mol. The summed E-state index contributed by atoms with van der Waals surface area (Å²) in [5.74, 6) is -0.435. The highest BCUT2D eigenvalue weighted by molar-refractivity contribution is 7.17.